The summed E-state index contributed by atoms with van der Waals surface area (Å²) < 4.78 is 43.1. The van der Waals surface area contributed by atoms with Gasteiger partial charge in [0.05, 0.1) is 16.0 Å². The van der Waals surface area contributed by atoms with Gasteiger partial charge in [-0.15, -0.1) is 5.10 Å². The van der Waals surface area contributed by atoms with Crippen molar-refractivity contribution in [2.45, 2.75) is 36.0 Å². The molecule has 8 nitrogen and oxygen atoms in total. The molecular weight excluding hydrogens is 397 g/mol. The number of halogens is 1. The van der Waals surface area contributed by atoms with Crippen LogP contribution in [0.3, 0.4) is 0 Å². The maximum Gasteiger partial charge on any atom is 0.264 e. The Bertz CT molecular complexity index is 1140. The van der Waals surface area contributed by atoms with Crippen LogP contribution in [-0.4, -0.2) is 34.5 Å². The number of nitrogens with one attached hydrogen (secondary N) is 1. The van der Waals surface area contributed by atoms with E-state index in [2.05, 4.69) is 20.2 Å². The zero-order valence-electron chi connectivity index (χ0n) is 15.3. The SMILES string of the molecule is O=C(NS(=O)(=O)c1cccc(-n2cnnn2)c1)C1(c2cccc(F)c2)CCCC1. The first kappa shape index (κ1) is 19.2. The van der Waals surface area contributed by atoms with Gasteiger partial charge in [-0.05, 0) is 59.2 Å². The highest BCUT2D eigenvalue weighted by atomic mass is 32.2. The highest BCUT2D eigenvalue weighted by Gasteiger charge is 2.44. The molecule has 0 bridgehead atoms. The van der Waals surface area contributed by atoms with Crippen LogP contribution in [0.15, 0.2) is 59.8 Å². The Morgan fingerprint density at radius 1 is 1.10 bits per heavy atom. The number of carbonyl (C=O) groups is 1. The molecule has 0 aliphatic heterocycles. The second kappa shape index (κ2) is 7.36. The summed E-state index contributed by atoms with van der Waals surface area (Å²) in [4.78, 5) is 13.0. The number of hydrogen-bond acceptors (Lipinski definition) is 6. The van der Waals surface area contributed by atoms with E-state index in [0.29, 0.717) is 24.1 Å². The Kier molecular flexibility index (Phi) is 4.87. The molecule has 150 valence electrons. The third-order valence-corrected chi connectivity index (χ3v) is 6.57. The molecule has 1 aliphatic carbocycles. The first-order chi connectivity index (χ1) is 13.9. The van der Waals surface area contributed by atoms with E-state index in [4.69, 9.17) is 0 Å². The van der Waals surface area contributed by atoms with Crippen molar-refractivity contribution >= 4 is 15.9 Å². The Hall–Kier alpha value is -3.14. The minimum Gasteiger partial charge on any atom is -0.273 e. The standard InChI is InChI=1S/C19H18FN5O3S/c20-15-6-3-5-14(11-15)19(9-1-2-10-19)18(26)22-29(27,28)17-8-4-7-16(12-17)25-13-21-23-24-25/h3-8,11-13H,1-2,9-10H2,(H,22,26). The number of sulfonamides is 1. The Balaban J connectivity index is 1.65. The van der Waals surface area contributed by atoms with Gasteiger partial charge in [0.15, 0.2) is 0 Å². The van der Waals surface area contributed by atoms with Gasteiger partial charge >= 0.3 is 0 Å². The van der Waals surface area contributed by atoms with Crippen LogP contribution in [0.25, 0.3) is 5.69 Å². The third-order valence-electron chi connectivity index (χ3n) is 5.24. The van der Waals surface area contributed by atoms with E-state index >= 15 is 0 Å². The molecule has 1 aliphatic rings. The number of nitrogens with zero attached hydrogens (tertiary/aromatic N) is 4. The second-order valence-electron chi connectivity index (χ2n) is 6.99. The van der Waals surface area contributed by atoms with Crippen LogP contribution >= 0.6 is 0 Å². The molecule has 1 amide bonds. The average molecular weight is 415 g/mol. The molecule has 10 heteroatoms. The van der Waals surface area contributed by atoms with E-state index in [1.54, 1.807) is 12.1 Å². The van der Waals surface area contributed by atoms with E-state index in [1.807, 2.05) is 0 Å². The van der Waals surface area contributed by atoms with Crippen LogP contribution in [0.2, 0.25) is 0 Å². The lowest BCUT2D eigenvalue weighted by Gasteiger charge is -2.28. The number of hydrogen-bond donors (Lipinski definition) is 1. The Labute approximate surface area is 166 Å². The zero-order chi connectivity index (χ0) is 20.5. The summed E-state index contributed by atoms with van der Waals surface area (Å²) in [5.41, 5.74) is -0.140. The molecule has 29 heavy (non-hydrogen) atoms. The summed E-state index contributed by atoms with van der Waals surface area (Å²) in [5.74, 6) is -1.10. The molecular formula is C19H18FN5O3S. The van der Waals surface area contributed by atoms with Gasteiger partial charge < -0.3 is 0 Å². The molecule has 2 aromatic carbocycles. The Morgan fingerprint density at radius 2 is 1.86 bits per heavy atom. The quantitative estimate of drug-likeness (QED) is 0.684. The fraction of sp³-hybridized carbons (Fsp3) is 0.263. The van der Waals surface area contributed by atoms with Crippen molar-refractivity contribution in [3.8, 4) is 5.69 Å². The largest absolute Gasteiger partial charge is 0.273 e. The van der Waals surface area contributed by atoms with Gasteiger partial charge in [0, 0.05) is 0 Å². The lowest BCUT2D eigenvalue weighted by molar-refractivity contribution is -0.124. The van der Waals surface area contributed by atoms with Gasteiger partial charge in [0.1, 0.15) is 12.1 Å². The summed E-state index contributed by atoms with van der Waals surface area (Å²) in [5, 5.41) is 10.8. The number of benzene rings is 2. The fourth-order valence-corrected chi connectivity index (χ4v) is 4.85. The minimum atomic E-state index is -4.14. The average Bonchev–Trinajstić information content (AvgIpc) is 3.41. The van der Waals surface area contributed by atoms with Crippen LogP contribution in [0, 0.1) is 5.82 Å². The first-order valence-electron chi connectivity index (χ1n) is 9.07. The van der Waals surface area contributed by atoms with Crippen LogP contribution in [0.1, 0.15) is 31.2 Å². The van der Waals surface area contributed by atoms with Gasteiger partial charge in [-0.1, -0.05) is 31.0 Å². The van der Waals surface area contributed by atoms with E-state index in [9.17, 15) is 17.6 Å². The molecule has 0 unspecified atom stereocenters. The normalized spacial score (nSPS) is 15.9. The molecule has 1 fully saturated rings. The molecule has 0 radical (unpaired) electrons. The molecule has 1 saturated carbocycles. The second-order valence-corrected chi connectivity index (χ2v) is 8.67. The van der Waals surface area contributed by atoms with Crippen molar-refractivity contribution in [3.05, 3.63) is 66.2 Å². The van der Waals surface area contributed by atoms with E-state index in [1.165, 1.54) is 47.4 Å². The molecule has 1 N–H and O–H groups in total. The van der Waals surface area contributed by atoms with Gasteiger partial charge in [-0.3, -0.25) is 4.79 Å². The van der Waals surface area contributed by atoms with E-state index < -0.39 is 27.2 Å². The molecule has 0 spiro atoms. The minimum absolute atomic E-state index is 0.0914. The molecule has 1 aromatic heterocycles. The molecule has 0 atom stereocenters. The number of rotatable bonds is 5. The van der Waals surface area contributed by atoms with Crippen molar-refractivity contribution < 1.29 is 17.6 Å². The van der Waals surface area contributed by atoms with Crippen LogP contribution in [0.4, 0.5) is 4.39 Å². The van der Waals surface area contributed by atoms with E-state index in [0.717, 1.165) is 12.8 Å². The van der Waals surface area contributed by atoms with Crippen molar-refractivity contribution in [1.29, 1.82) is 0 Å². The zero-order valence-corrected chi connectivity index (χ0v) is 16.1. The van der Waals surface area contributed by atoms with Gasteiger partial charge in [-0.25, -0.2) is 22.2 Å². The Morgan fingerprint density at radius 3 is 2.55 bits per heavy atom. The molecule has 0 saturated heterocycles. The lowest BCUT2D eigenvalue weighted by Crippen LogP contribution is -2.45. The highest BCUT2D eigenvalue weighted by Crippen LogP contribution is 2.41. The van der Waals surface area contributed by atoms with Crippen molar-refractivity contribution in [2.24, 2.45) is 0 Å². The number of tetrazole rings is 1. The number of aromatic nitrogens is 4. The van der Waals surface area contributed by atoms with Gasteiger partial charge in [0.2, 0.25) is 5.91 Å². The smallest absolute Gasteiger partial charge is 0.264 e. The maximum absolute atomic E-state index is 13.8. The third kappa shape index (κ3) is 3.63. The highest BCUT2D eigenvalue weighted by molar-refractivity contribution is 7.90. The number of amides is 1. The monoisotopic (exact) mass is 415 g/mol. The molecule has 1 heterocycles. The predicted octanol–water partition coefficient (Wildman–Crippen LogP) is 2.12. The number of carbonyl (C=O) groups excluding carboxylic acids is 1. The van der Waals surface area contributed by atoms with Crippen LogP contribution in [-0.2, 0) is 20.2 Å². The van der Waals surface area contributed by atoms with Gasteiger partial charge in [-0.2, -0.15) is 0 Å². The summed E-state index contributed by atoms with van der Waals surface area (Å²) in [6, 6.07) is 11.7. The first-order valence-corrected chi connectivity index (χ1v) is 10.6. The van der Waals surface area contributed by atoms with E-state index in [-0.39, 0.29) is 4.90 Å². The van der Waals surface area contributed by atoms with Crippen molar-refractivity contribution in [2.75, 3.05) is 0 Å². The lowest BCUT2D eigenvalue weighted by atomic mass is 9.78. The van der Waals surface area contributed by atoms with Crippen LogP contribution < -0.4 is 4.72 Å². The molecule has 3 aromatic rings. The summed E-state index contributed by atoms with van der Waals surface area (Å²) in [6.45, 7) is 0. The van der Waals surface area contributed by atoms with Crippen molar-refractivity contribution in [3.63, 3.8) is 0 Å². The summed E-state index contributed by atoms with van der Waals surface area (Å²) in [6.07, 6.45) is 3.78. The van der Waals surface area contributed by atoms with Crippen molar-refractivity contribution in [1.82, 2.24) is 24.9 Å². The van der Waals surface area contributed by atoms with Crippen LogP contribution in [0.5, 0.6) is 0 Å². The van der Waals surface area contributed by atoms with Gasteiger partial charge in [0.25, 0.3) is 10.0 Å². The fourth-order valence-electron chi connectivity index (χ4n) is 3.76. The maximum atomic E-state index is 13.8. The predicted molar refractivity (Wildman–Crippen MR) is 101 cm³/mol. The summed E-state index contributed by atoms with van der Waals surface area (Å²) in [7, 11) is -4.14. The molecule has 4 rings (SSSR count). The topological polar surface area (TPSA) is 107 Å². The summed E-state index contributed by atoms with van der Waals surface area (Å²) >= 11 is 0.